The summed E-state index contributed by atoms with van der Waals surface area (Å²) in [5.41, 5.74) is 0. The Labute approximate surface area is 100 Å². The number of hydrogen-bond donors (Lipinski definition) is 12. The highest BCUT2D eigenvalue weighted by molar-refractivity contribution is 5.53. The summed E-state index contributed by atoms with van der Waals surface area (Å²) in [7, 11) is 0. The fraction of sp³-hybridized carbons (Fsp3) is 0. The topological polar surface area (TPSA) is 347 Å². The van der Waals surface area contributed by atoms with Gasteiger partial charge in [-0.05, 0) is 0 Å². The molecular formula is C3H20N6O9. The standard InChI is InChI=1S/3CH2O3.2H4N2.2H3N/c3*2-1(3)4;2*1-2;;/h3*(H2,2,3,4);2*1-2H2;2*1H3. The van der Waals surface area contributed by atoms with Gasteiger partial charge in [0.05, 0.1) is 0 Å². The molecule has 0 aromatic heterocycles. The smallest absolute Gasteiger partial charge is 0.450 e. The lowest BCUT2D eigenvalue weighted by atomic mass is 11.5. The average Bonchev–Trinajstić information content (AvgIpc) is 2.07. The molecule has 18 heavy (non-hydrogen) atoms. The monoisotopic (exact) mass is 284 g/mol. The minimum atomic E-state index is -1.83. The van der Waals surface area contributed by atoms with Crippen molar-refractivity contribution in [2.45, 2.75) is 0 Å². The molecule has 116 valence electrons. The van der Waals surface area contributed by atoms with Gasteiger partial charge in [0, 0.05) is 0 Å². The van der Waals surface area contributed by atoms with Crippen LogP contribution in [0.15, 0.2) is 0 Å². The van der Waals surface area contributed by atoms with Crippen molar-refractivity contribution in [1.82, 2.24) is 12.3 Å². The highest BCUT2D eigenvalue weighted by Crippen LogP contribution is 1.43. The van der Waals surface area contributed by atoms with Gasteiger partial charge in [-0.25, -0.2) is 14.4 Å². The van der Waals surface area contributed by atoms with Gasteiger partial charge >= 0.3 is 18.5 Å². The zero-order valence-corrected chi connectivity index (χ0v) is 9.13. The molecule has 0 rings (SSSR count). The van der Waals surface area contributed by atoms with Gasteiger partial charge in [0.15, 0.2) is 0 Å². The Hall–Kier alpha value is -2.43. The first-order valence-corrected chi connectivity index (χ1v) is 2.62. The van der Waals surface area contributed by atoms with E-state index < -0.39 is 18.5 Å². The molecule has 0 aromatic carbocycles. The summed E-state index contributed by atoms with van der Waals surface area (Å²) in [5.74, 6) is 16.0. The van der Waals surface area contributed by atoms with Crippen molar-refractivity contribution in [3.63, 3.8) is 0 Å². The second-order valence-corrected chi connectivity index (χ2v) is 0.848. The fourth-order valence-corrected chi connectivity index (χ4v) is 0. The Morgan fingerprint density at radius 3 is 0.500 bits per heavy atom. The third kappa shape index (κ3) is 363. The normalized spacial score (nSPS) is 4.67. The third-order valence-electron chi connectivity index (χ3n) is 0. The lowest BCUT2D eigenvalue weighted by molar-refractivity contribution is 0.135. The minimum Gasteiger partial charge on any atom is -0.450 e. The van der Waals surface area contributed by atoms with Crippen LogP contribution < -0.4 is 35.7 Å². The van der Waals surface area contributed by atoms with Crippen LogP contribution in [0.4, 0.5) is 14.4 Å². The zero-order valence-electron chi connectivity index (χ0n) is 9.13. The molecule has 20 N–H and O–H groups in total. The summed E-state index contributed by atoms with van der Waals surface area (Å²) >= 11 is 0. The molecule has 0 amide bonds. The van der Waals surface area contributed by atoms with Crippen LogP contribution in [0.1, 0.15) is 0 Å². The van der Waals surface area contributed by atoms with Gasteiger partial charge in [-0.3, -0.25) is 23.4 Å². The van der Waals surface area contributed by atoms with Crippen molar-refractivity contribution in [3.05, 3.63) is 0 Å². The summed E-state index contributed by atoms with van der Waals surface area (Å²) in [6, 6.07) is 0. The molecule has 0 aromatic rings. The Morgan fingerprint density at radius 1 is 0.500 bits per heavy atom. The van der Waals surface area contributed by atoms with Crippen molar-refractivity contribution >= 4 is 18.5 Å². The molecule has 0 atom stereocenters. The number of rotatable bonds is 0. The highest BCUT2D eigenvalue weighted by Gasteiger charge is 1.70. The molecule has 0 saturated carbocycles. The summed E-state index contributed by atoms with van der Waals surface area (Å²) < 4.78 is 0. The van der Waals surface area contributed by atoms with E-state index in [0.717, 1.165) is 0 Å². The van der Waals surface area contributed by atoms with Crippen molar-refractivity contribution in [2.75, 3.05) is 0 Å². The van der Waals surface area contributed by atoms with E-state index >= 15 is 0 Å². The number of carbonyl (C=O) groups is 3. The molecule has 0 aliphatic heterocycles. The molecule has 0 saturated heterocycles. The van der Waals surface area contributed by atoms with E-state index in [1.807, 2.05) is 0 Å². The van der Waals surface area contributed by atoms with Crippen molar-refractivity contribution in [2.24, 2.45) is 23.4 Å². The number of hydrazine groups is 2. The molecule has 0 unspecified atom stereocenters. The summed E-state index contributed by atoms with van der Waals surface area (Å²) in [4.78, 5) is 25.7. The molecule has 0 aliphatic carbocycles. The van der Waals surface area contributed by atoms with Gasteiger partial charge in [-0.2, -0.15) is 0 Å². The van der Waals surface area contributed by atoms with E-state index in [2.05, 4.69) is 23.4 Å². The van der Waals surface area contributed by atoms with Crippen LogP contribution in [-0.4, -0.2) is 49.1 Å². The minimum absolute atomic E-state index is 0. The third-order valence-corrected chi connectivity index (χ3v) is 0. The lowest BCUT2D eigenvalue weighted by Gasteiger charge is -1.60. The molecule has 15 heteroatoms. The van der Waals surface area contributed by atoms with E-state index in [0.29, 0.717) is 0 Å². The van der Waals surface area contributed by atoms with E-state index in [-0.39, 0.29) is 12.3 Å². The molecule has 0 heterocycles. The van der Waals surface area contributed by atoms with Gasteiger partial charge in [0.1, 0.15) is 0 Å². The van der Waals surface area contributed by atoms with Crippen LogP contribution in [-0.2, 0) is 0 Å². The van der Waals surface area contributed by atoms with E-state index in [9.17, 15) is 0 Å². The Morgan fingerprint density at radius 2 is 0.500 bits per heavy atom. The lowest BCUT2D eigenvalue weighted by Crippen LogP contribution is -2.02. The quantitative estimate of drug-likeness (QED) is 0.180. The predicted octanol–water partition coefficient (Wildman–Crippen LogP) is -1.37. The first kappa shape index (κ1) is 45.0. The molecule has 0 fully saturated rings. The predicted molar refractivity (Wildman–Crippen MR) is 58.8 cm³/mol. The van der Waals surface area contributed by atoms with E-state index in [1.54, 1.807) is 0 Å². The van der Waals surface area contributed by atoms with Gasteiger partial charge in [-0.1, -0.05) is 0 Å². The average molecular weight is 284 g/mol. The van der Waals surface area contributed by atoms with Crippen molar-refractivity contribution in [3.8, 4) is 0 Å². The van der Waals surface area contributed by atoms with Crippen molar-refractivity contribution in [1.29, 1.82) is 0 Å². The molecule has 15 nitrogen and oxygen atoms in total. The van der Waals surface area contributed by atoms with E-state index in [4.69, 9.17) is 45.0 Å². The van der Waals surface area contributed by atoms with E-state index in [1.165, 1.54) is 0 Å². The largest absolute Gasteiger partial charge is 0.503 e. The number of hydrogen-bond acceptors (Lipinski definition) is 9. The van der Waals surface area contributed by atoms with Crippen LogP contribution in [0, 0.1) is 0 Å². The maximum atomic E-state index is 8.56. The summed E-state index contributed by atoms with van der Waals surface area (Å²) in [5, 5.41) is 41.8. The Kier molecular flexibility index (Phi) is 155. The maximum Gasteiger partial charge on any atom is 0.503 e. The van der Waals surface area contributed by atoms with Gasteiger partial charge in [0.25, 0.3) is 0 Å². The second-order valence-electron chi connectivity index (χ2n) is 0.848. The molecule has 0 radical (unpaired) electrons. The van der Waals surface area contributed by atoms with Crippen LogP contribution in [0.2, 0.25) is 0 Å². The van der Waals surface area contributed by atoms with Crippen molar-refractivity contribution < 1.29 is 45.0 Å². The van der Waals surface area contributed by atoms with Crippen LogP contribution in [0.5, 0.6) is 0 Å². The highest BCUT2D eigenvalue weighted by atomic mass is 16.6. The molecule has 0 aliphatic rings. The molecular weight excluding hydrogens is 264 g/mol. The number of carboxylic acid groups (broad SMARTS) is 6. The molecule has 0 bridgehead atoms. The molecule has 0 spiro atoms. The maximum absolute atomic E-state index is 8.56. The Balaban J connectivity index is -0.0000000169. The van der Waals surface area contributed by atoms with Crippen LogP contribution >= 0.6 is 0 Å². The van der Waals surface area contributed by atoms with Crippen LogP contribution in [0.3, 0.4) is 0 Å². The Bertz CT molecular complexity index is 124. The summed E-state index contributed by atoms with van der Waals surface area (Å²) in [6.45, 7) is 0. The second kappa shape index (κ2) is 62.2. The zero-order chi connectivity index (χ0) is 14.7. The number of nitrogens with two attached hydrogens (primary N) is 4. The van der Waals surface area contributed by atoms with Crippen LogP contribution in [0.25, 0.3) is 0 Å². The first-order chi connectivity index (χ1) is 7.20. The fourth-order valence-electron chi connectivity index (χ4n) is 0. The SMILES string of the molecule is N.N.NN.NN.O=C(O)O.O=C(O)O.O=C(O)O. The van der Waals surface area contributed by atoms with Gasteiger partial charge in [0.2, 0.25) is 0 Å². The first-order valence-electron chi connectivity index (χ1n) is 2.62. The van der Waals surface area contributed by atoms with Gasteiger partial charge < -0.3 is 42.9 Å². The summed E-state index contributed by atoms with van der Waals surface area (Å²) in [6.07, 6.45) is -5.50. The van der Waals surface area contributed by atoms with Gasteiger partial charge in [-0.15, -0.1) is 0 Å².